The van der Waals surface area contributed by atoms with Crippen LogP contribution in [0.15, 0.2) is 18.2 Å². The number of rotatable bonds is 12. The van der Waals surface area contributed by atoms with Crippen LogP contribution in [0.4, 0.5) is 18.4 Å². The lowest BCUT2D eigenvalue weighted by atomic mass is 9.91. The molecule has 4 amide bonds. The van der Waals surface area contributed by atoms with Crippen LogP contribution in [0.25, 0.3) is 0 Å². The van der Waals surface area contributed by atoms with Crippen LogP contribution < -0.4 is 10.6 Å². The Labute approximate surface area is 216 Å². The third-order valence-corrected chi connectivity index (χ3v) is 5.63. The van der Waals surface area contributed by atoms with E-state index in [1.165, 1.54) is 6.07 Å². The Morgan fingerprint density at radius 3 is 2.49 bits per heavy atom. The zero-order valence-corrected chi connectivity index (χ0v) is 21.9. The Balaban J connectivity index is 1.66. The number of ether oxygens (including phenoxy) is 2. The van der Waals surface area contributed by atoms with Gasteiger partial charge in [-0.15, -0.1) is 0 Å². The molecule has 206 valence electrons. The van der Waals surface area contributed by atoms with Gasteiger partial charge in [0.25, 0.3) is 5.91 Å². The molecule has 0 aliphatic carbocycles. The maximum Gasteiger partial charge on any atom is 0.420 e. The molecule has 2 N–H and O–H groups in total. The normalized spacial score (nSPS) is 16.2. The number of cyclic esters (lactones) is 1. The van der Waals surface area contributed by atoms with Crippen LogP contribution in [0.1, 0.15) is 65.4 Å². The van der Waals surface area contributed by atoms with Gasteiger partial charge in [0.05, 0.1) is 6.54 Å². The van der Waals surface area contributed by atoms with Gasteiger partial charge in [0.1, 0.15) is 17.2 Å². The molecule has 1 fully saturated rings. The second-order valence-corrected chi connectivity index (χ2v) is 10.1. The van der Waals surface area contributed by atoms with E-state index in [2.05, 4.69) is 10.6 Å². The Bertz CT molecular complexity index is 966. The van der Waals surface area contributed by atoms with E-state index in [1.807, 2.05) is 6.92 Å². The van der Waals surface area contributed by atoms with Crippen LogP contribution >= 0.6 is 0 Å². The van der Waals surface area contributed by atoms with E-state index in [0.29, 0.717) is 32.4 Å². The number of carbonyl (C=O) groups excluding carboxylic acids is 4. The summed E-state index contributed by atoms with van der Waals surface area (Å²) in [4.78, 5) is 49.3. The molecule has 11 heteroatoms. The summed E-state index contributed by atoms with van der Waals surface area (Å²) in [6.45, 7) is 7.43. The Morgan fingerprint density at radius 2 is 1.84 bits per heavy atom. The summed E-state index contributed by atoms with van der Waals surface area (Å²) in [7, 11) is 0. The molecule has 1 saturated heterocycles. The molecule has 9 nitrogen and oxygen atoms in total. The monoisotopic (exact) mass is 525 g/mol. The van der Waals surface area contributed by atoms with E-state index in [4.69, 9.17) is 9.47 Å². The van der Waals surface area contributed by atoms with Gasteiger partial charge in [-0.3, -0.25) is 9.59 Å². The minimum atomic E-state index is -1.11. The molecular formula is C26H37F2N3O6. The summed E-state index contributed by atoms with van der Waals surface area (Å²) in [6, 6.07) is 3.34. The summed E-state index contributed by atoms with van der Waals surface area (Å²) in [5.41, 5.74) is -0.521. The van der Waals surface area contributed by atoms with E-state index in [-0.39, 0.29) is 36.8 Å². The van der Waals surface area contributed by atoms with Crippen molar-refractivity contribution in [2.75, 3.05) is 19.6 Å². The molecule has 2 atom stereocenters. The van der Waals surface area contributed by atoms with Gasteiger partial charge in [0.2, 0.25) is 5.91 Å². The Kier molecular flexibility index (Phi) is 11.3. The van der Waals surface area contributed by atoms with E-state index in [1.54, 1.807) is 20.8 Å². The fourth-order valence-electron chi connectivity index (χ4n) is 3.90. The van der Waals surface area contributed by atoms with Gasteiger partial charge in [-0.25, -0.2) is 23.3 Å². The smallest absolute Gasteiger partial charge is 0.420 e. The number of nitrogens with one attached hydrogen (secondary N) is 2. The molecule has 1 unspecified atom stereocenters. The highest BCUT2D eigenvalue weighted by molar-refractivity contribution is 5.94. The van der Waals surface area contributed by atoms with E-state index < -0.39 is 41.4 Å². The predicted molar refractivity (Wildman–Crippen MR) is 132 cm³/mol. The molecule has 0 spiro atoms. The molecule has 1 aromatic carbocycles. The first-order chi connectivity index (χ1) is 17.4. The molecule has 1 aliphatic rings. The zero-order valence-electron chi connectivity index (χ0n) is 21.9. The number of hydrogen-bond donors (Lipinski definition) is 2. The van der Waals surface area contributed by atoms with Gasteiger partial charge in [-0.05, 0) is 76.1 Å². The molecule has 1 aromatic rings. The van der Waals surface area contributed by atoms with Gasteiger partial charge >= 0.3 is 12.2 Å². The molecule has 0 bridgehead atoms. The number of hydrogen-bond acceptors (Lipinski definition) is 6. The largest absolute Gasteiger partial charge is 0.443 e. The molecule has 2 rings (SSSR count). The molecule has 1 heterocycles. The fourth-order valence-corrected chi connectivity index (χ4v) is 3.90. The highest BCUT2D eigenvalue weighted by Gasteiger charge is 2.41. The minimum absolute atomic E-state index is 0.102. The number of amides is 4. The van der Waals surface area contributed by atoms with Gasteiger partial charge in [-0.2, -0.15) is 0 Å². The predicted octanol–water partition coefficient (Wildman–Crippen LogP) is 4.08. The van der Waals surface area contributed by atoms with Crippen LogP contribution in [0, 0.1) is 17.6 Å². The Morgan fingerprint density at radius 1 is 1.16 bits per heavy atom. The fraction of sp³-hybridized carbons (Fsp3) is 0.615. The van der Waals surface area contributed by atoms with Crippen molar-refractivity contribution in [2.45, 2.75) is 77.9 Å². The van der Waals surface area contributed by atoms with Crippen molar-refractivity contribution in [3.63, 3.8) is 0 Å². The second-order valence-electron chi connectivity index (χ2n) is 10.1. The third-order valence-electron chi connectivity index (χ3n) is 5.63. The molecule has 0 radical (unpaired) electrons. The van der Waals surface area contributed by atoms with Crippen molar-refractivity contribution in [3.8, 4) is 0 Å². The first-order valence-electron chi connectivity index (χ1n) is 12.6. The Hall–Kier alpha value is -3.24. The number of carbonyl (C=O) groups is 4. The maximum atomic E-state index is 14.0. The van der Waals surface area contributed by atoms with Crippen LogP contribution in [0.3, 0.4) is 0 Å². The van der Waals surface area contributed by atoms with Crippen molar-refractivity contribution in [1.29, 1.82) is 0 Å². The van der Waals surface area contributed by atoms with Gasteiger partial charge in [0, 0.05) is 19.5 Å². The standard InChI is InChI=1S/C26H37F2N3O6/c1-5-8-17(13-18-15-19(27)9-10-20(18)28)14-22(32)29-11-6-7-12-30-23(33)21-16-31(24(34)36-21)25(35)37-26(2,3)4/h9-10,15,17,21H,5-8,11-14,16H2,1-4H3,(H,29,32)(H,30,33)/t17?,21-/m0/s1. The highest BCUT2D eigenvalue weighted by atomic mass is 19.1. The molecule has 37 heavy (non-hydrogen) atoms. The first-order valence-corrected chi connectivity index (χ1v) is 12.6. The third kappa shape index (κ3) is 10.3. The van der Waals surface area contributed by atoms with E-state index in [9.17, 15) is 28.0 Å². The summed E-state index contributed by atoms with van der Waals surface area (Å²) >= 11 is 0. The van der Waals surface area contributed by atoms with Crippen LogP contribution in [-0.2, 0) is 25.5 Å². The van der Waals surface area contributed by atoms with Crippen molar-refractivity contribution in [1.82, 2.24) is 15.5 Å². The summed E-state index contributed by atoms with van der Waals surface area (Å²) < 4.78 is 37.5. The van der Waals surface area contributed by atoms with Crippen molar-refractivity contribution in [3.05, 3.63) is 35.4 Å². The minimum Gasteiger partial charge on any atom is -0.443 e. The summed E-state index contributed by atoms with van der Waals surface area (Å²) in [6.07, 6.45) is 0.276. The summed E-state index contributed by atoms with van der Waals surface area (Å²) in [5, 5.41) is 5.48. The number of imide groups is 1. The van der Waals surface area contributed by atoms with E-state index in [0.717, 1.165) is 23.5 Å². The zero-order chi connectivity index (χ0) is 27.6. The quantitative estimate of drug-likeness (QED) is 0.398. The average molecular weight is 526 g/mol. The van der Waals surface area contributed by atoms with Gasteiger partial charge in [-0.1, -0.05) is 13.3 Å². The number of unbranched alkanes of at least 4 members (excludes halogenated alkanes) is 1. The number of nitrogens with zero attached hydrogens (tertiary/aromatic N) is 1. The number of benzene rings is 1. The van der Waals surface area contributed by atoms with E-state index >= 15 is 0 Å². The lowest BCUT2D eigenvalue weighted by molar-refractivity contribution is -0.127. The van der Waals surface area contributed by atoms with Crippen molar-refractivity contribution in [2.24, 2.45) is 5.92 Å². The lowest BCUT2D eigenvalue weighted by Crippen LogP contribution is -2.40. The van der Waals surface area contributed by atoms with Crippen LogP contribution in [0.5, 0.6) is 0 Å². The average Bonchev–Trinajstić information content (AvgIpc) is 3.19. The van der Waals surface area contributed by atoms with Crippen LogP contribution in [0.2, 0.25) is 0 Å². The van der Waals surface area contributed by atoms with Gasteiger partial charge < -0.3 is 20.1 Å². The molecule has 0 saturated carbocycles. The van der Waals surface area contributed by atoms with Crippen LogP contribution in [-0.4, -0.2) is 60.2 Å². The van der Waals surface area contributed by atoms with Crippen molar-refractivity contribution < 1.29 is 37.4 Å². The highest BCUT2D eigenvalue weighted by Crippen LogP contribution is 2.21. The number of halogens is 2. The molecule has 1 aliphatic heterocycles. The maximum absolute atomic E-state index is 14.0. The topological polar surface area (TPSA) is 114 Å². The van der Waals surface area contributed by atoms with Gasteiger partial charge in [0.15, 0.2) is 6.10 Å². The van der Waals surface area contributed by atoms with Crippen molar-refractivity contribution >= 4 is 24.0 Å². The molecule has 0 aromatic heterocycles. The first kappa shape index (κ1) is 30.0. The lowest BCUT2D eigenvalue weighted by Gasteiger charge is -2.22. The summed E-state index contributed by atoms with van der Waals surface area (Å²) in [5.74, 6) is -1.77. The molecular weight excluding hydrogens is 488 g/mol. The second kappa shape index (κ2) is 13.9. The SMILES string of the molecule is CCCC(CC(=O)NCCCCNC(=O)[C@@H]1CN(C(=O)OC(C)(C)C)C(=O)O1)Cc1cc(F)ccc1F.